The number of carbonyl (C=O) groups is 2. The van der Waals surface area contributed by atoms with Gasteiger partial charge >= 0.3 is 0 Å². The molecule has 2 saturated heterocycles. The van der Waals surface area contributed by atoms with Gasteiger partial charge in [0.25, 0.3) is 0 Å². The molecule has 2 aliphatic heterocycles. The molecule has 2 fully saturated rings. The van der Waals surface area contributed by atoms with Crippen molar-refractivity contribution in [1.29, 1.82) is 0 Å². The van der Waals surface area contributed by atoms with Crippen LogP contribution in [0.15, 0.2) is 24.3 Å². The summed E-state index contributed by atoms with van der Waals surface area (Å²) < 4.78 is 5.16. The second kappa shape index (κ2) is 7.87. The number of carbonyl (C=O) groups excluding carboxylic acids is 2. The molecule has 3 rings (SSSR count). The molecule has 6 heteroatoms. The van der Waals surface area contributed by atoms with Gasteiger partial charge < -0.3 is 19.4 Å². The van der Waals surface area contributed by atoms with Gasteiger partial charge in [-0.15, -0.1) is 0 Å². The quantitative estimate of drug-likeness (QED) is 0.805. The number of methoxy groups -OCH3 is 1. The van der Waals surface area contributed by atoms with E-state index < -0.39 is 0 Å². The zero-order valence-electron chi connectivity index (χ0n) is 15.1. The van der Waals surface area contributed by atoms with Crippen molar-refractivity contribution in [2.24, 2.45) is 5.92 Å². The molecule has 2 aliphatic rings. The maximum absolute atomic E-state index is 12.7. The van der Waals surface area contributed by atoms with Crippen LogP contribution < -0.4 is 4.74 Å². The predicted molar refractivity (Wildman–Crippen MR) is 95.2 cm³/mol. The van der Waals surface area contributed by atoms with E-state index >= 15 is 0 Å². The first-order valence-corrected chi connectivity index (χ1v) is 9.02. The first-order valence-electron chi connectivity index (χ1n) is 9.02. The van der Waals surface area contributed by atoms with Gasteiger partial charge in [0.15, 0.2) is 0 Å². The number of benzene rings is 1. The molecule has 136 valence electrons. The van der Waals surface area contributed by atoms with Crippen LogP contribution in [0, 0.1) is 5.92 Å². The molecule has 2 amide bonds. The molecule has 1 atom stereocenters. The largest absolute Gasteiger partial charge is 0.497 e. The highest BCUT2D eigenvalue weighted by molar-refractivity contribution is 5.89. The molecule has 1 aromatic carbocycles. The number of piperazine rings is 1. The highest BCUT2D eigenvalue weighted by atomic mass is 16.5. The standard InChI is InChI=1S/C19H27N3O3/c1-3-20-8-10-21(11-9-20)19(24)16-12-18(23)22(14-16)13-15-4-6-17(25-2)7-5-15/h4-7,16H,3,8-14H2,1-2H3/t16-/m1/s1. The SMILES string of the molecule is CCN1CCN(C(=O)[C@@H]2CC(=O)N(Cc3ccc(OC)cc3)C2)CC1. The van der Waals surface area contributed by atoms with Crippen molar-refractivity contribution in [3.05, 3.63) is 29.8 Å². The van der Waals surface area contributed by atoms with Crippen molar-refractivity contribution >= 4 is 11.8 Å². The Kier molecular flexibility index (Phi) is 5.58. The summed E-state index contributed by atoms with van der Waals surface area (Å²) in [5.74, 6) is 0.817. The monoisotopic (exact) mass is 345 g/mol. The topological polar surface area (TPSA) is 53.1 Å². The lowest BCUT2D eigenvalue weighted by Gasteiger charge is -2.35. The Bertz CT molecular complexity index is 609. The van der Waals surface area contributed by atoms with Crippen molar-refractivity contribution in [1.82, 2.24) is 14.7 Å². The first-order chi connectivity index (χ1) is 12.1. The molecular formula is C19H27N3O3. The van der Waals surface area contributed by atoms with Gasteiger partial charge in [-0.3, -0.25) is 9.59 Å². The van der Waals surface area contributed by atoms with E-state index in [4.69, 9.17) is 4.74 Å². The van der Waals surface area contributed by atoms with Gasteiger partial charge in [0.05, 0.1) is 13.0 Å². The number of likely N-dealkylation sites (tertiary alicyclic amines) is 1. The zero-order chi connectivity index (χ0) is 17.8. The fourth-order valence-corrected chi connectivity index (χ4v) is 3.58. The summed E-state index contributed by atoms with van der Waals surface area (Å²) in [6.07, 6.45) is 0.336. The molecule has 0 saturated carbocycles. The summed E-state index contributed by atoms with van der Waals surface area (Å²) >= 11 is 0. The Labute approximate surface area is 149 Å². The minimum absolute atomic E-state index is 0.0707. The Morgan fingerprint density at radius 3 is 2.44 bits per heavy atom. The summed E-state index contributed by atoms with van der Waals surface area (Å²) in [7, 11) is 1.63. The molecule has 6 nitrogen and oxygen atoms in total. The van der Waals surface area contributed by atoms with Crippen molar-refractivity contribution in [3.8, 4) is 5.75 Å². The molecule has 0 unspecified atom stereocenters. The van der Waals surface area contributed by atoms with E-state index in [1.54, 1.807) is 12.0 Å². The van der Waals surface area contributed by atoms with Gasteiger partial charge in [-0.25, -0.2) is 0 Å². The Balaban J connectivity index is 1.55. The van der Waals surface area contributed by atoms with E-state index in [2.05, 4.69) is 11.8 Å². The van der Waals surface area contributed by atoms with Gasteiger partial charge in [0, 0.05) is 45.7 Å². The Hall–Kier alpha value is -2.08. The summed E-state index contributed by atoms with van der Waals surface area (Å²) in [5, 5.41) is 0. The third-order valence-corrected chi connectivity index (χ3v) is 5.23. The lowest BCUT2D eigenvalue weighted by Crippen LogP contribution is -2.50. The summed E-state index contributed by atoms with van der Waals surface area (Å²) in [5.41, 5.74) is 1.05. The number of ether oxygens (including phenoxy) is 1. The number of hydrogen-bond acceptors (Lipinski definition) is 4. The van der Waals surface area contributed by atoms with Gasteiger partial charge in [0.2, 0.25) is 11.8 Å². The average Bonchev–Trinajstić information content (AvgIpc) is 3.02. The number of rotatable bonds is 5. The van der Waals surface area contributed by atoms with E-state index in [1.807, 2.05) is 29.2 Å². The van der Waals surface area contributed by atoms with Crippen LogP contribution in [-0.4, -0.2) is 72.9 Å². The summed E-state index contributed by atoms with van der Waals surface area (Å²) in [6.45, 7) is 7.65. The fourth-order valence-electron chi connectivity index (χ4n) is 3.58. The zero-order valence-corrected chi connectivity index (χ0v) is 15.1. The first kappa shape index (κ1) is 17.7. The fraction of sp³-hybridized carbons (Fsp3) is 0.579. The minimum atomic E-state index is -0.195. The van der Waals surface area contributed by atoms with Gasteiger partial charge in [0.1, 0.15) is 5.75 Å². The molecule has 0 N–H and O–H groups in total. The van der Waals surface area contributed by atoms with E-state index in [1.165, 1.54) is 0 Å². The number of amides is 2. The number of nitrogens with zero attached hydrogens (tertiary/aromatic N) is 3. The van der Waals surface area contributed by atoms with Crippen LogP contribution in [-0.2, 0) is 16.1 Å². The minimum Gasteiger partial charge on any atom is -0.497 e. The van der Waals surface area contributed by atoms with Crippen LogP contribution in [0.4, 0.5) is 0 Å². The van der Waals surface area contributed by atoms with E-state index in [0.29, 0.717) is 19.5 Å². The summed E-state index contributed by atoms with van der Waals surface area (Å²) in [4.78, 5) is 31.1. The van der Waals surface area contributed by atoms with Crippen LogP contribution in [0.3, 0.4) is 0 Å². The molecule has 0 bridgehead atoms. The Morgan fingerprint density at radius 2 is 1.84 bits per heavy atom. The van der Waals surface area contributed by atoms with Crippen LogP contribution in [0.5, 0.6) is 5.75 Å². The molecule has 0 aromatic heterocycles. The van der Waals surface area contributed by atoms with Gasteiger partial charge in [-0.1, -0.05) is 19.1 Å². The van der Waals surface area contributed by atoms with Crippen LogP contribution >= 0.6 is 0 Å². The Morgan fingerprint density at radius 1 is 1.16 bits per heavy atom. The van der Waals surface area contributed by atoms with E-state index in [-0.39, 0.29) is 17.7 Å². The average molecular weight is 345 g/mol. The molecule has 0 radical (unpaired) electrons. The molecule has 2 heterocycles. The van der Waals surface area contributed by atoms with Crippen LogP contribution in [0.1, 0.15) is 18.9 Å². The van der Waals surface area contributed by atoms with Gasteiger partial charge in [-0.2, -0.15) is 0 Å². The third kappa shape index (κ3) is 4.12. The maximum atomic E-state index is 12.7. The van der Waals surface area contributed by atoms with Gasteiger partial charge in [-0.05, 0) is 24.2 Å². The maximum Gasteiger partial charge on any atom is 0.228 e. The van der Waals surface area contributed by atoms with Crippen molar-refractivity contribution < 1.29 is 14.3 Å². The van der Waals surface area contributed by atoms with Crippen molar-refractivity contribution in [2.45, 2.75) is 19.9 Å². The summed E-state index contributed by atoms with van der Waals surface area (Å²) in [6, 6.07) is 7.72. The smallest absolute Gasteiger partial charge is 0.228 e. The van der Waals surface area contributed by atoms with Crippen LogP contribution in [0.25, 0.3) is 0 Å². The predicted octanol–water partition coefficient (Wildman–Crippen LogP) is 1.21. The number of likely N-dealkylation sites (N-methyl/N-ethyl adjacent to an activating group) is 1. The molecule has 0 aliphatic carbocycles. The highest BCUT2D eigenvalue weighted by Crippen LogP contribution is 2.23. The molecule has 0 spiro atoms. The lowest BCUT2D eigenvalue weighted by molar-refractivity contribution is -0.137. The normalized spacial score (nSPS) is 21.7. The van der Waals surface area contributed by atoms with Crippen molar-refractivity contribution in [2.75, 3.05) is 46.4 Å². The highest BCUT2D eigenvalue weighted by Gasteiger charge is 2.37. The second-order valence-corrected chi connectivity index (χ2v) is 6.78. The van der Waals surface area contributed by atoms with E-state index in [9.17, 15) is 9.59 Å². The molecular weight excluding hydrogens is 318 g/mol. The van der Waals surface area contributed by atoms with Crippen molar-refractivity contribution in [3.63, 3.8) is 0 Å². The third-order valence-electron chi connectivity index (χ3n) is 5.23. The second-order valence-electron chi connectivity index (χ2n) is 6.78. The molecule has 1 aromatic rings. The molecule has 25 heavy (non-hydrogen) atoms. The lowest BCUT2D eigenvalue weighted by atomic mass is 10.1. The number of hydrogen-bond donors (Lipinski definition) is 0. The van der Waals surface area contributed by atoms with Crippen LogP contribution in [0.2, 0.25) is 0 Å². The van der Waals surface area contributed by atoms with E-state index in [0.717, 1.165) is 44.0 Å².